The number of terminal acetylenes is 1. The number of hydrogen-bond donors (Lipinski definition) is 0. The summed E-state index contributed by atoms with van der Waals surface area (Å²) in [5.74, 6) is 0.511. The molecule has 0 heterocycles. The van der Waals surface area contributed by atoms with E-state index in [-0.39, 0.29) is 24.2 Å². The van der Waals surface area contributed by atoms with Crippen LogP contribution in [0.4, 0.5) is 8.78 Å². The molecule has 0 amide bonds. The zero-order chi connectivity index (χ0) is 10.1. The largest absolute Gasteiger partial charge is 0.248 e. The van der Waals surface area contributed by atoms with Gasteiger partial charge in [0, 0.05) is 18.3 Å². The Hall–Kier alpha value is -0.580. The molecule has 1 aliphatic carbocycles. The first-order valence-corrected chi connectivity index (χ1v) is 4.73. The molecule has 0 nitrogen and oxygen atoms in total. The van der Waals surface area contributed by atoms with Crippen LogP contribution in [0.5, 0.6) is 0 Å². The van der Waals surface area contributed by atoms with Crippen molar-refractivity contribution in [3.63, 3.8) is 0 Å². The van der Waals surface area contributed by atoms with Gasteiger partial charge in [-0.25, -0.2) is 8.78 Å². The third kappa shape index (κ3) is 2.43. The highest BCUT2D eigenvalue weighted by Gasteiger charge is 2.39. The summed E-state index contributed by atoms with van der Waals surface area (Å²) in [5, 5.41) is 0. The van der Waals surface area contributed by atoms with Crippen molar-refractivity contribution in [1.29, 1.82) is 0 Å². The smallest absolute Gasteiger partial charge is 0.207 e. The van der Waals surface area contributed by atoms with E-state index in [1.165, 1.54) is 0 Å². The first-order chi connectivity index (χ1) is 5.87. The summed E-state index contributed by atoms with van der Waals surface area (Å²) >= 11 is 0. The van der Waals surface area contributed by atoms with Crippen LogP contribution in [0.3, 0.4) is 0 Å². The maximum Gasteiger partial charge on any atom is 0.248 e. The fourth-order valence-electron chi connectivity index (χ4n) is 1.88. The fourth-order valence-corrected chi connectivity index (χ4v) is 1.88. The van der Waals surface area contributed by atoms with Crippen molar-refractivity contribution in [2.75, 3.05) is 0 Å². The number of alkyl halides is 2. The molecule has 0 aromatic rings. The van der Waals surface area contributed by atoms with Gasteiger partial charge in [0.15, 0.2) is 0 Å². The highest BCUT2D eigenvalue weighted by Crippen LogP contribution is 2.43. The Balaban J connectivity index is 2.56. The van der Waals surface area contributed by atoms with Gasteiger partial charge in [0.1, 0.15) is 0 Å². The van der Waals surface area contributed by atoms with Crippen molar-refractivity contribution < 1.29 is 8.78 Å². The normalized spacial score (nSPS) is 23.9. The monoisotopic (exact) mass is 186 g/mol. The molecule has 0 aromatic heterocycles. The maximum atomic E-state index is 12.8. The molecule has 0 aromatic carbocycles. The van der Waals surface area contributed by atoms with Crippen LogP contribution < -0.4 is 0 Å². The molecule has 1 saturated carbocycles. The zero-order valence-electron chi connectivity index (χ0n) is 8.24. The van der Waals surface area contributed by atoms with Gasteiger partial charge in [-0.15, -0.1) is 12.3 Å². The number of hydrogen-bond acceptors (Lipinski definition) is 0. The molecule has 0 bridgehead atoms. The van der Waals surface area contributed by atoms with Gasteiger partial charge in [0.25, 0.3) is 0 Å². The van der Waals surface area contributed by atoms with Crippen LogP contribution in [0.2, 0.25) is 0 Å². The quantitative estimate of drug-likeness (QED) is 0.550. The van der Waals surface area contributed by atoms with E-state index in [2.05, 4.69) is 5.92 Å². The second-order valence-electron chi connectivity index (χ2n) is 4.50. The SMILES string of the molecule is C#CC(C)(C)C1CCC(F)(F)CC1. The van der Waals surface area contributed by atoms with Crippen LogP contribution in [0.15, 0.2) is 0 Å². The lowest BCUT2D eigenvalue weighted by Crippen LogP contribution is -2.31. The fraction of sp³-hybridized carbons (Fsp3) is 0.818. The predicted octanol–water partition coefficient (Wildman–Crippen LogP) is 3.47. The lowest BCUT2D eigenvalue weighted by molar-refractivity contribution is -0.0549. The summed E-state index contributed by atoms with van der Waals surface area (Å²) in [7, 11) is 0. The molecule has 0 saturated heterocycles. The van der Waals surface area contributed by atoms with Crippen LogP contribution in [0, 0.1) is 23.7 Å². The van der Waals surface area contributed by atoms with Crippen molar-refractivity contribution in [2.45, 2.75) is 45.5 Å². The molecular formula is C11H16F2. The van der Waals surface area contributed by atoms with E-state index < -0.39 is 5.92 Å². The molecule has 0 radical (unpaired) electrons. The van der Waals surface area contributed by atoms with Crippen molar-refractivity contribution >= 4 is 0 Å². The first kappa shape index (κ1) is 10.5. The molecule has 1 fully saturated rings. The Bertz CT molecular complexity index is 213. The van der Waals surface area contributed by atoms with Gasteiger partial charge in [0.05, 0.1) is 0 Å². The predicted molar refractivity (Wildman–Crippen MR) is 49.5 cm³/mol. The van der Waals surface area contributed by atoms with Gasteiger partial charge >= 0.3 is 0 Å². The topological polar surface area (TPSA) is 0 Å². The van der Waals surface area contributed by atoms with Crippen molar-refractivity contribution in [1.82, 2.24) is 0 Å². The summed E-state index contributed by atoms with van der Waals surface area (Å²) in [6, 6.07) is 0. The molecule has 0 unspecified atom stereocenters. The third-order valence-corrected chi connectivity index (χ3v) is 3.11. The van der Waals surface area contributed by atoms with Crippen LogP contribution in [0.25, 0.3) is 0 Å². The standard InChI is InChI=1S/C11H16F2/c1-4-10(2,3)9-5-7-11(12,13)8-6-9/h1,9H,5-8H2,2-3H3. The van der Waals surface area contributed by atoms with Crippen LogP contribution in [-0.2, 0) is 0 Å². The summed E-state index contributed by atoms with van der Waals surface area (Å²) in [6.45, 7) is 3.92. The van der Waals surface area contributed by atoms with E-state index >= 15 is 0 Å². The van der Waals surface area contributed by atoms with Crippen molar-refractivity contribution in [3.05, 3.63) is 0 Å². The van der Waals surface area contributed by atoms with Crippen LogP contribution >= 0.6 is 0 Å². The highest BCUT2D eigenvalue weighted by molar-refractivity contribution is 5.05. The molecule has 0 atom stereocenters. The number of halogens is 2. The average Bonchev–Trinajstić information content (AvgIpc) is 2.04. The molecule has 0 spiro atoms. The minimum Gasteiger partial charge on any atom is -0.207 e. The van der Waals surface area contributed by atoms with Gasteiger partial charge < -0.3 is 0 Å². The van der Waals surface area contributed by atoms with Gasteiger partial charge in [-0.05, 0) is 32.6 Å². The highest BCUT2D eigenvalue weighted by atomic mass is 19.3. The third-order valence-electron chi connectivity index (χ3n) is 3.11. The lowest BCUT2D eigenvalue weighted by Gasteiger charge is -2.35. The van der Waals surface area contributed by atoms with E-state index in [9.17, 15) is 8.78 Å². The summed E-state index contributed by atoms with van der Waals surface area (Å²) in [5.41, 5.74) is -0.226. The lowest BCUT2D eigenvalue weighted by atomic mass is 9.71. The second kappa shape index (κ2) is 3.29. The Morgan fingerprint density at radius 2 is 1.77 bits per heavy atom. The molecule has 2 heteroatoms. The van der Waals surface area contributed by atoms with E-state index in [1.807, 2.05) is 13.8 Å². The van der Waals surface area contributed by atoms with E-state index in [0.717, 1.165) is 0 Å². The van der Waals surface area contributed by atoms with E-state index in [4.69, 9.17) is 6.42 Å². The summed E-state index contributed by atoms with van der Waals surface area (Å²) in [4.78, 5) is 0. The van der Waals surface area contributed by atoms with Crippen LogP contribution in [-0.4, -0.2) is 5.92 Å². The van der Waals surface area contributed by atoms with Gasteiger partial charge in [-0.1, -0.05) is 0 Å². The first-order valence-electron chi connectivity index (χ1n) is 4.73. The second-order valence-corrected chi connectivity index (χ2v) is 4.50. The molecule has 1 rings (SSSR count). The summed E-state index contributed by atoms with van der Waals surface area (Å²) < 4.78 is 25.6. The minimum absolute atomic E-state index is 0.00275. The Morgan fingerprint density at radius 1 is 1.31 bits per heavy atom. The Morgan fingerprint density at radius 3 is 2.15 bits per heavy atom. The Kier molecular flexibility index (Phi) is 2.66. The van der Waals surface area contributed by atoms with Crippen LogP contribution in [0.1, 0.15) is 39.5 Å². The maximum absolute atomic E-state index is 12.8. The molecule has 0 aliphatic heterocycles. The van der Waals surface area contributed by atoms with Gasteiger partial charge in [-0.2, -0.15) is 0 Å². The van der Waals surface area contributed by atoms with Crippen molar-refractivity contribution in [3.8, 4) is 12.3 Å². The van der Waals surface area contributed by atoms with Gasteiger partial charge in [-0.3, -0.25) is 0 Å². The molecule has 13 heavy (non-hydrogen) atoms. The molecule has 1 aliphatic rings. The van der Waals surface area contributed by atoms with E-state index in [0.29, 0.717) is 12.8 Å². The van der Waals surface area contributed by atoms with E-state index in [1.54, 1.807) is 0 Å². The summed E-state index contributed by atoms with van der Waals surface area (Å²) in [6.07, 6.45) is 6.49. The molecule has 0 N–H and O–H groups in total. The average molecular weight is 186 g/mol. The number of rotatable bonds is 1. The van der Waals surface area contributed by atoms with Crippen molar-refractivity contribution in [2.24, 2.45) is 11.3 Å². The molecule has 74 valence electrons. The Labute approximate surface area is 78.7 Å². The minimum atomic E-state index is -2.44. The van der Waals surface area contributed by atoms with Gasteiger partial charge in [0.2, 0.25) is 5.92 Å². The molecular weight excluding hydrogens is 170 g/mol. The zero-order valence-corrected chi connectivity index (χ0v) is 8.24.